The van der Waals surface area contributed by atoms with E-state index in [0.717, 1.165) is 22.6 Å². The monoisotopic (exact) mass is 351 g/mol. The summed E-state index contributed by atoms with van der Waals surface area (Å²) in [4.78, 5) is 24.5. The molecule has 1 amide bonds. The molecule has 24 heavy (non-hydrogen) atoms. The number of rotatable bonds is 5. The van der Waals surface area contributed by atoms with Crippen LogP contribution >= 0.6 is 11.3 Å². The van der Waals surface area contributed by atoms with E-state index in [1.165, 1.54) is 30.4 Å². The van der Waals surface area contributed by atoms with Crippen LogP contribution in [0.25, 0.3) is 6.08 Å². The molecule has 2 aromatic rings. The molecule has 0 fully saturated rings. The molecule has 0 saturated carbocycles. The molecule has 0 aliphatic heterocycles. The van der Waals surface area contributed by atoms with Crippen LogP contribution in [0.15, 0.2) is 35.7 Å². The second-order valence-electron chi connectivity index (χ2n) is 4.97. The minimum atomic E-state index is -1.20. The largest absolute Gasteiger partial charge is 0.449 e. The highest BCUT2D eigenvalue weighted by Gasteiger charge is 2.19. The number of hydrogen-bond acceptors (Lipinski definition) is 4. The molecule has 1 N–H and O–H groups in total. The number of aryl methyl sites for hydroxylation is 1. The van der Waals surface area contributed by atoms with Crippen LogP contribution in [0.1, 0.15) is 17.4 Å². The quantitative estimate of drug-likeness (QED) is 0.656. The van der Waals surface area contributed by atoms with Crippen molar-refractivity contribution in [1.82, 2.24) is 0 Å². The number of nitrogens with one attached hydrogen (secondary N) is 1. The molecule has 0 aliphatic carbocycles. The predicted molar refractivity (Wildman–Crippen MR) is 88.6 cm³/mol. The van der Waals surface area contributed by atoms with Crippen LogP contribution in [0.4, 0.5) is 14.5 Å². The summed E-state index contributed by atoms with van der Waals surface area (Å²) in [5, 5.41) is 3.96. The van der Waals surface area contributed by atoms with Crippen LogP contribution in [-0.2, 0) is 14.3 Å². The van der Waals surface area contributed by atoms with E-state index in [1.54, 1.807) is 6.08 Å². The van der Waals surface area contributed by atoms with Crippen molar-refractivity contribution in [2.75, 3.05) is 5.32 Å². The number of anilines is 1. The van der Waals surface area contributed by atoms with Crippen LogP contribution < -0.4 is 5.32 Å². The third-order valence-corrected chi connectivity index (χ3v) is 4.13. The van der Waals surface area contributed by atoms with Gasteiger partial charge in [0.05, 0.1) is 0 Å². The summed E-state index contributed by atoms with van der Waals surface area (Å²) < 4.78 is 31.9. The number of thiophene rings is 1. The van der Waals surface area contributed by atoms with E-state index in [2.05, 4.69) is 5.32 Å². The average molecular weight is 351 g/mol. The average Bonchev–Trinajstić information content (AvgIpc) is 2.94. The van der Waals surface area contributed by atoms with Crippen LogP contribution in [0.3, 0.4) is 0 Å². The Morgan fingerprint density at radius 2 is 1.92 bits per heavy atom. The lowest BCUT2D eigenvalue weighted by molar-refractivity contribution is -0.148. The summed E-state index contributed by atoms with van der Waals surface area (Å²) in [6.45, 7) is 3.22. The zero-order valence-electron chi connectivity index (χ0n) is 13.0. The van der Waals surface area contributed by atoms with Crippen LogP contribution in [0, 0.1) is 18.6 Å². The number of amides is 1. The summed E-state index contributed by atoms with van der Waals surface area (Å²) in [5.74, 6) is -3.36. The van der Waals surface area contributed by atoms with Crippen molar-refractivity contribution in [3.05, 3.63) is 57.8 Å². The Hall–Kier alpha value is -2.54. The minimum absolute atomic E-state index is 0.574. The maximum absolute atomic E-state index is 13.5. The van der Waals surface area contributed by atoms with Gasteiger partial charge in [0.25, 0.3) is 5.91 Å². The molecule has 1 aromatic carbocycles. The van der Waals surface area contributed by atoms with Crippen LogP contribution in [-0.4, -0.2) is 18.0 Å². The maximum Gasteiger partial charge on any atom is 0.331 e. The minimum Gasteiger partial charge on any atom is -0.449 e. The Kier molecular flexibility index (Phi) is 5.81. The van der Waals surface area contributed by atoms with E-state index in [9.17, 15) is 18.4 Å². The van der Waals surface area contributed by atoms with E-state index in [0.29, 0.717) is 0 Å². The summed E-state index contributed by atoms with van der Waals surface area (Å²) in [5.41, 5.74) is 0.444. The van der Waals surface area contributed by atoms with Gasteiger partial charge >= 0.3 is 5.97 Å². The zero-order valence-corrected chi connectivity index (χ0v) is 13.8. The molecule has 0 unspecified atom stereocenters. The van der Waals surface area contributed by atoms with Gasteiger partial charge in [-0.05, 0) is 49.1 Å². The van der Waals surface area contributed by atoms with Gasteiger partial charge in [-0.1, -0.05) is 6.07 Å². The molecule has 0 spiro atoms. The molecule has 0 aliphatic rings. The van der Waals surface area contributed by atoms with E-state index in [4.69, 9.17) is 4.74 Å². The number of hydrogen-bond donors (Lipinski definition) is 1. The molecule has 1 aromatic heterocycles. The van der Waals surface area contributed by atoms with Crippen molar-refractivity contribution >= 4 is 35.0 Å². The fraction of sp³-hybridized carbons (Fsp3) is 0.176. The third-order valence-electron chi connectivity index (χ3n) is 3.15. The van der Waals surface area contributed by atoms with E-state index >= 15 is 0 Å². The fourth-order valence-corrected chi connectivity index (χ4v) is 2.63. The van der Waals surface area contributed by atoms with Crippen LogP contribution in [0.2, 0.25) is 0 Å². The summed E-state index contributed by atoms with van der Waals surface area (Å²) in [6.07, 6.45) is 1.58. The highest BCUT2D eigenvalue weighted by Crippen LogP contribution is 2.19. The Labute approximate surface area is 141 Å². The Balaban J connectivity index is 1.95. The van der Waals surface area contributed by atoms with Gasteiger partial charge in [-0.25, -0.2) is 13.6 Å². The Morgan fingerprint density at radius 3 is 2.50 bits per heavy atom. The lowest BCUT2D eigenvalue weighted by Crippen LogP contribution is -2.30. The smallest absolute Gasteiger partial charge is 0.331 e. The lowest BCUT2D eigenvalue weighted by atomic mass is 10.2. The number of para-hydroxylation sites is 1. The van der Waals surface area contributed by atoms with Crippen molar-refractivity contribution < 1.29 is 23.1 Å². The topological polar surface area (TPSA) is 55.4 Å². The van der Waals surface area contributed by atoms with Gasteiger partial charge in [0.2, 0.25) is 0 Å². The molecular weight excluding hydrogens is 336 g/mol. The Bertz CT molecular complexity index is 766. The molecule has 126 valence electrons. The van der Waals surface area contributed by atoms with Crippen LogP contribution in [0.5, 0.6) is 0 Å². The standard InChI is InChI=1S/C17H15F2NO3S/c1-10-8-9-24-14(10)6-7-15(21)23-11(2)17(22)20-16-12(18)4-3-5-13(16)19/h3-9,11H,1-2H3,(H,20,22)/b7-6+/t11-/m1/s1. The molecular formula is C17H15F2NO3S. The highest BCUT2D eigenvalue weighted by atomic mass is 32.1. The third kappa shape index (κ3) is 4.48. The van der Waals surface area contributed by atoms with Gasteiger partial charge in [-0.3, -0.25) is 4.79 Å². The molecule has 2 rings (SSSR count). The molecule has 4 nitrogen and oxygen atoms in total. The van der Waals surface area contributed by atoms with Crippen molar-refractivity contribution in [1.29, 1.82) is 0 Å². The molecule has 0 bridgehead atoms. The maximum atomic E-state index is 13.5. The van der Waals surface area contributed by atoms with E-state index in [1.807, 2.05) is 18.4 Å². The number of carbonyl (C=O) groups is 2. The molecule has 0 saturated heterocycles. The van der Waals surface area contributed by atoms with Crippen molar-refractivity contribution in [2.45, 2.75) is 20.0 Å². The van der Waals surface area contributed by atoms with Gasteiger partial charge < -0.3 is 10.1 Å². The van der Waals surface area contributed by atoms with E-state index in [-0.39, 0.29) is 0 Å². The van der Waals surface area contributed by atoms with Crippen molar-refractivity contribution in [3.8, 4) is 0 Å². The second kappa shape index (κ2) is 7.83. The van der Waals surface area contributed by atoms with Crippen molar-refractivity contribution in [3.63, 3.8) is 0 Å². The first-order valence-corrected chi connectivity index (χ1v) is 7.94. The lowest BCUT2D eigenvalue weighted by Gasteiger charge is -2.13. The number of benzene rings is 1. The highest BCUT2D eigenvalue weighted by molar-refractivity contribution is 7.11. The number of halogens is 2. The van der Waals surface area contributed by atoms with Crippen molar-refractivity contribution in [2.24, 2.45) is 0 Å². The first kappa shape index (κ1) is 17.8. The summed E-state index contributed by atoms with van der Waals surface area (Å²) in [6, 6.07) is 5.12. The van der Waals surface area contributed by atoms with Gasteiger partial charge in [-0.15, -0.1) is 11.3 Å². The Morgan fingerprint density at radius 1 is 1.25 bits per heavy atom. The van der Waals surface area contributed by atoms with Gasteiger partial charge in [0.1, 0.15) is 17.3 Å². The van der Waals surface area contributed by atoms with Gasteiger partial charge in [0.15, 0.2) is 6.10 Å². The summed E-state index contributed by atoms with van der Waals surface area (Å²) >= 11 is 1.46. The first-order chi connectivity index (χ1) is 11.4. The molecule has 7 heteroatoms. The summed E-state index contributed by atoms with van der Waals surface area (Å²) in [7, 11) is 0. The van der Waals surface area contributed by atoms with Gasteiger partial charge in [-0.2, -0.15) is 0 Å². The molecule has 1 atom stereocenters. The normalized spacial score (nSPS) is 12.2. The number of carbonyl (C=O) groups excluding carboxylic acids is 2. The fourth-order valence-electron chi connectivity index (χ4n) is 1.81. The number of esters is 1. The van der Waals surface area contributed by atoms with Gasteiger partial charge in [0, 0.05) is 11.0 Å². The SMILES string of the molecule is Cc1ccsc1/C=C/C(=O)O[C@H](C)C(=O)Nc1c(F)cccc1F. The number of ether oxygens (including phenoxy) is 1. The van der Waals surface area contributed by atoms with E-state index < -0.39 is 35.3 Å². The second-order valence-corrected chi connectivity index (χ2v) is 5.91. The predicted octanol–water partition coefficient (Wildman–Crippen LogP) is 3.92. The zero-order chi connectivity index (χ0) is 17.7. The molecule has 1 heterocycles. The molecule has 0 radical (unpaired) electrons. The first-order valence-electron chi connectivity index (χ1n) is 7.06.